The number of hydrogen-bond donors (Lipinski definition) is 1. The maximum absolute atomic E-state index is 11.9. The molecule has 24 heavy (non-hydrogen) atoms. The van der Waals surface area contributed by atoms with Crippen LogP contribution in [0.15, 0.2) is 53.9 Å². The first kappa shape index (κ1) is 14.7. The number of thiazole rings is 1. The van der Waals surface area contributed by atoms with Crippen molar-refractivity contribution in [1.82, 2.24) is 4.98 Å². The Hall–Kier alpha value is -2.86. The van der Waals surface area contributed by atoms with Crippen LogP contribution in [0.4, 0.5) is 5.13 Å². The van der Waals surface area contributed by atoms with Gasteiger partial charge in [0.05, 0.1) is 18.4 Å². The van der Waals surface area contributed by atoms with E-state index in [0.29, 0.717) is 10.7 Å². The zero-order valence-corrected chi connectivity index (χ0v) is 13.7. The van der Waals surface area contributed by atoms with Gasteiger partial charge in [-0.1, -0.05) is 18.2 Å². The van der Waals surface area contributed by atoms with E-state index in [1.807, 2.05) is 47.8 Å². The highest BCUT2D eigenvalue weighted by molar-refractivity contribution is 7.14. The van der Waals surface area contributed by atoms with E-state index in [1.165, 1.54) is 11.3 Å². The Bertz CT molecular complexity index is 889. The number of nitrogens with zero attached hydrogens (tertiary/aromatic N) is 1. The molecule has 0 fully saturated rings. The van der Waals surface area contributed by atoms with Gasteiger partial charge in [-0.3, -0.25) is 0 Å². The van der Waals surface area contributed by atoms with Gasteiger partial charge in [0, 0.05) is 16.5 Å². The van der Waals surface area contributed by atoms with Gasteiger partial charge in [-0.05, 0) is 30.3 Å². The number of aromatic nitrogens is 1. The standard InChI is InChI=1S/C18H14N2O3S/c1-22-12-8-6-11(7-9-12)15-10-24-18(19-15)20-16-13-4-2-3-5-14(13)17(21)23-16/h2-10,16H,1H3,(H,19,20)/t16-/m0/s1. The lowest BCUT2D eigenvalue weighted by Crippen LogP contribution is -2.09. The number of nitrogens with one attached hydrogen (secondary N) is 1. The normalized spacial score (nSPS) is 15.7. The highest BCUT2D eigenvalue weighted by Crippen LogP contribution is 2.33. The number of benzene rings is 2. The van der Waals surface area contributed by atoms with Crippen molar-refractivity contribution in [2.24, 2.45) is 0 Å². The topological polar surface area (TPSA) is 60.5 Å². The number of anilines is 1. The highest BCUT2D eigenvalue weighted by Gasteiger charge is 2.30. The molecule has 1 aromatic heterocycles. The second kappa shape index (κ2) is 5.98. The zero-order chi connectivity index (χ0) is 16.5. The van der Waals surface area contributed by atoms with Crippen LogP contribution in [-0.4, -0.2) is 18.1 Å². The van der Waals surface area contributed by atoms with Crippen LogP contribution in [0, 0.1) is 0 Å². The first-order valence-electron chi connectivity index (χ1n) is 7.41. The number of fused-ring (bicyclic) bond motifs is 1. The molecule has 6 heteroatoms. The van der Waals surface area contributed by atoms with Crippen molar-refractivity contribution in [3.05, 3.63) is 65.0 Å². The van der Waals surface area contributed by atoms with Gasteiger partial charge in [-0.25, -0.2) is 9.78 Å². The third kappa shape index (κ3) is 2.61. The highest BCUT2D eigenvalue weighted by atomic mass is 32.1. The molecule has 120 valence electrons. The Kier molecular flexibility index (Phi) is 3.66. The molecule has 1 aliphatic rings. The van der Waals surface area contributed by atoms with Crippen LogP contribution >= 0.6 is 11.3 Å². The maximum Gasteiger partial charge on any atom is 0.340 e. The zero-order valence-electron chi connectivity index (χ0n) is 12.9. The van der Waals surface area contributed by atoms with E-state index in [0.717, 1.165) is 22.6 Å². The second-order valence-corrected chi connectivity index (χ2v) is 6.14. The first-order valence-corrected chi connectivity index (χ1v) is 8.29. The summed E-state index contributed by atoms with van der Waals surface area (Å²) in [6.07, 6.45) is -0.497. The lowest BCUT2D eigenvalue weighted by atomic mass is 10.1. The average molecular weight is 338 g/mol. The van der Waals surface area contributed by atoms with Crippen molar-refractivity contribution in [1.29, 1.82) is 0 Å². The molecule has 5 nitrogen and oxygen atoms in total. The minimum Gasteiger partial charge on any atom is -0.497 e. The molecule has 1 aliphatic heterocycles. The molecule has 0 saturated heterocycles. The van der Waals surface area contributed by atoms with Gasteiger partial charge in [-0.15, -0.1) is 11.3 Å². The molecule has 1 N–H and O–H groups in total. The molecule has 0 saturated carbocycles. The van der Waals surface area contributed by atoms with Crippen molar-refractivity contribution in [3.8, 4) is 17.0 Å². The van der Waals surface area contributed by atoms with E-state index in [2.05, 4.69) is 10.3 Å². The van der Waals surface area contributed by atoms with Gasteiger partial charge in [0.15, 0.2) is 5.13 Å². The molecule has 2 heterocycles. The molecule has 0 radical (unpaired) electrons. The molecule has 0 spiro atoms. The lowest BCUT2D eigenvalue weighted by molar-refractivity contribution is 0.0437. The van der Waals surface area contributed by atoms with Crippen molar-refractivity contribution < 1.29 is 14.3 Å². The lowest BCUT2D eigenvalue weighted by Gasteiger charge is -2.11. The van der Waals surface area contributed by atoms with E-state index < -0.39 is 6.23 Å². The summed E-state index contributed by atoms with van der Waals surface area (Å²) < 4.78 is 10.5. The fourth-order valence-electron chi connectivity index (χ4n) is 2.60. The minimum absolute atomic E-state index is 0.310. The van der Waals surface area contributed by atoms with Crippen LogP contribution in [-0.2, 0) is 4.74 Å². The number of carbonyl (C=O) groups is 1. The quantitative estimate of drug-likeness (QED) is 0.726. The molecule has 4 rings (SSSR count). The summed E-state index contributed by atoms with van der Waals surface area (Å²) in [7, 11) is 1.64. The van der Waals surface area contributed by atoms with Gasteiger partial charge < -0.3 is 14.8 Å². The van der Waals surface area contributed by atoms with Gasteiger partial charge >= 0.3 is 5.97 Å². The van der Waals surface area contributed by atoms with Crippen LogP contribution in [0.1, 0.15) is 22.1 Å². The molecule has 3 aromatic rings. The van der Waals surface area contributed by atoms with Gasteiger partial charge in [0.1, 0.15) is 5.75 Å². The Labute approximate surface area is 142 Å². The first-order chi connectivity index (χ1) is 11.7. The van der Waals surface area contributed by atoms with E-state index in [-0.39, 0.29) is 5.97 Å². The summed E-state index contributed by atoms with van der Waals surface area (Å²) in [6.45, 7) is 0. The van der Waals surface area contributed by atoms with E-state index in [1.54, 1.807) is 13.2 Å². The third-order valence-electron chi connectivity index (χ3n) is 3.83. The SMILES string of the molecule is COc1ccc(-c2csc(N[C@H]3OC(=O)c4ccccc43)n2)cc1. The smallest absolute Gasteiger partial charge is 0.340 e. The molecule has 0 unspecified atom stereocenters. The van der Waals surface area contributed by atoms with Gasteiger partial charge in [-0.2, -0.15) is 0 Å². The number of methoxy groups -OCH3 is 1. The predicted molar refractivity (Wildman–Crippen MR) is 92.3 cm³/mol. The Morgan fingerprint density at radius 3 is 2.75 bits per heavy atom. The number of carbonyl (C=O) groups excluding carboxylic acids is 1. The van der Waals surface area contributed by atoms with E-state index in [4.69, 9.17) is 9.47 Å². The fraction of sp³-hybridized carbons (Fsp3) is 0.111. The molecule has 0 amide bonds. The van der Waals surface area contributed by atoms with Crippen molar-refractivity contribution in [3.63, 3.8) is 0 Å². The number of rotatable bonds is 4. The molecular formula is C18H14N2O3S. The van der Waals surface area contributed by atoms with Crippen molar-refractivity contribution >= 4 is 22.4 Å². The Balaban J connectivity index is 1.55. The Morgan fingerprint density at radius 2 is 1.96 bits per heavy atom. The molecule has 2 aromatic carbocycles. The summed E-state index contributed by atoms with van der Waals surface area (Å²) in [5.41, 5.74) is 3.30. The largest absolute Gasteiger partial charge is 0.497 e. The van der Waals surface area contributed by atoms with Gasteiger partial charge in [0.2, 0.25) is 6.23 Å². The molecule has 1 atom stereocenters. The minimum atomic E-state index is -0.497. The summed E-state index contributed by atoms with van der Waals surface area (Å²) in [5, 5.41) is 5.85. The van der Waals surface area contributed by atoms with E-state index >= 15 is 0 Å². The van der Waals surface area contributed by atoms with Crippen molar-refractivity contribution in [2.45, 2.75) is 6.23 Å². The van der Waals surface area contributed by atoms with Crippen molar-refractivity contribution in [2.75, 3.05) is 12.4 Å². The average Bonchev–Trinajstić information content (AvgIpc) is 3.21. The number of ether oxygens (including phenoxy) is 2. The molecule has 0 bridgehead atoms. The number of cyclic esters (lactones) is 1. The van der Waals surface area contributed by atoms with E-state index in [9.17, 15) is 4.79 Å². The summed E-state index contributed by atoms with van der Waals surface area (Å²) >= 11 is 1.47. The molecular weight excluding hydrogens is 324 g/mol. The monoisotopic (exact) mass is 338 g/mol. The number of hydrogen-bond acceptors (Lipinski definition) is 6. The van der Waals surface area contributed by atoms with Gasteiger partial charge in [0.25, 0.3) is 0 Å². The number of esters is 1. The summed E-state index contributed by atoms with van der Waals surface area (Å²) in [4.78, 5) is 16.4. The third-order valence-corrected chi connectivity index (χ3v) is 4.61. The van der Waals surface area contributed by atoms with Crippen LogP contribution in [0.25, 0.3) is 11.3 Å². The fourth-order valence-corrected chi connectivity index (χ4v) is 3.34. The maximum atomic E-state index is 11.9. The summed E-state index contributed by atoms with van der Waals surface area (Å²) in [6, 6.07) is 15.1. The summed E-state index contributed by atoms with van der Waals surface area (Å²) in [5.74, 6) is 0.497. The van der Waals surface area contributed by atoms with Crippen LogP contribution in [0.2, 0.25) is 0 Å². The van der Waals surface area contributed by atoms with Crippen LogP contribution < -0.4 is 10.1 Å². The van der Waals surface area contributed by atoms with Crippen LogP contribution in [0.5, 0.6) is 5.75 Å². The van der Waals surface area contributed by atoms with Crippen LogP contribution in [0.3, 0.4) is 0 Å². The molecule has 0 aliphatic carbocycles. The second-order valence-electron chi connectivity index (χ2n) is 5.28. The Morgan fingerprint density at radius 1 is 1.17 bits per heavy atom. The predicted octanol–water partition coefficient (Wildman–Crippen LogP) is 4.10.